The molecule has 0 aliphatic carbocycles. The Labute approximate surface area is 241 Å². The van der Waals surface area contributed by atoms with Gasteiger partial charge in [-0.05, 0) is 43.1 Å². The van der Waals surface area contributed by atoms with Crippen molar-refractivity contribution in [1.29, 1.82) is 0 Å². The SMILES string of the molecule is CC(C)(C)C(=O)NCCN1CCC[C@@H]1Cn1nc(Cc2ccc(Cl)cc2)c2ccccc2c1=O.O=C(O)C(F)(F)F. The number of aromatic nitrogens is 2. The Hall–Kier alpha value is -3.44. The number of nitrogens with zero attached hydrogens (tertiary/aromatic N) is 3. The summed E-state index contributed by atoms with van der Waals surface area (Å²) in [5.74, 6) is -2.70. The number of halogens is 4. The molecular weight excluding hydrogens is 561 g/mol. The highest BCUT2D eigenvalue weighted by atomic mass is 35.5. The van der Waals surface area contributed by atoms with Crippen molar-refractivity contribution in [3.8, 4) is 0 Å². The maximum absolute atomic E-state index is 13.3. The van der Waals surface area contributed by atoms with Crippen molar-refractivity contribution in [2.24, 2.45) is 5.41 Å². The molecule has 0 saturated carbocycles. The lowest BCUT2D eigenvalue weighted by Crippen LogP contribution is -2.43. The molecule has 1 aliphatic heterocycles. The van der Waals surface area contributed by atoms with Gasteiger partial charge in [-0.2, -0.15) is 18.3 Å². The summed E-state index contributed by atoms with van der Waals surface area (Å²) >= 11 is 6.05. The van der Waals surface area contributed by atoms with E-state index in [1.807, 2.05) is 69.3 Å². The number of nitrogens with one attached hydrogen (secondary N) is 1. The number of carboxylic acid groups (broad SMARTS) is 1. The van der Waals surface area contributed by atoms with Crippen LogP contribution in [-0.2, 0) is 22.6 Å². The smallest absolute Gasteiger partial charge is 0.475 e. The number of fused-ring (bicyclic) bond motifs is 1. The zero-order chi connectivity index (χ0) is 30.4. The van der Waals surface area contributed by atoms with Gasteiger partial charge in [-0.3, -0.25) is 14.5 Å². The molecule has 2 aromatic carbocycles. The number of amides is 1. The van der Waals surface area contributed by atoms with Crippen molar-refractivity contribution >= 4 is 34.2 Å². The minimum Gasteiger partial charge on any atom is -0.475 e. The summed E-state index contributed by atoms with van der Waals surface area (Å²) in [5.41, 5.74) is 1.54. The normalized spacial score (nSPS) is 15.8. The van der Waals surface area contributed by atoms with Gasteiger partial charge in [-0.15, -0.1) is 0 Å². The van der Waals surface area contributed by atoms with E-state index >= 15 is 0 Å². The summed E-state index contributed by atoms with van der Waals surface area (Å²) in [6.07, 6.45) is -2.36. The van der Waals surface area contributed by atoms with Crippen LogP contribution in [0.1, 0.15) is 44.9 Å². The van der Waals surface area contributed by atoms with Crippen molar-refractivity contribution in [2.75, 3.05) is 19.6 Å². The lowest BCUT2D eigenvalue weighted by molar-refractivity contribution is -0.192. The van der Waals surface area contributed by atoms with Crippen molar-refractivity contribution in [3.05, 3.63) is 75.2 Å². The van der Waals surface area contributed by atoms with E-state index in [1.54, 1.807) is 4.68 Å². The lowest BCUT2D eigenvalue weighted by atomic mass is 9.96. The van der Waals surface area contributed by atoms with Crippen LogP contribution in [0.2, 0.25) is 5.02 Å². The van der Waals surface area contributed by atoms with Crippen molar-refractivity contribution in [3.63, 3.8) is 0 Å². The predicted molar refractivity (Wildman–Crippen MR) is 151 cm³/mol. The minimum atomic E-state index is -5.08. The number of benzene rings is 2. The molecule has 1 aliphatic rings. The number of hydrogen-bond donors (Lipinski definition) is 2. The van der Waals surface area contributed by atoms with Gasteiger partial charge >= 0.3 is 12.1 Å². The van der Waals surface area contributed by atoms with Crippen LogP contribution >= 0.6 is 11.6 Å². The molecule has 1 saturated heterocycles. The van der Waals surface area contributed by atoms with Crippen LogP contribution in [0.4, 0.5) is 13.2 Å². The number of alkyl halides is 3. The molecule has 12 heteroatoms. The molecule has 3 aromatic rings. The molecule has 2 heterocycles. The number of carbonyl (C=O) groups is 2. The molecule has 1 fully saturated rings. The highest BCUT2D eigenvalue weighted by Crippen LogP contribution is 2.21. The molecule has 222 valence electrons. The number of rotatable bonds is 7. The molecule has 0 bridgehead atoms. The average Bonchev–Trinajstić information content (AvgIpc) is 3.34. The van der Waals surface area contributed by atoms with E-state index in [2.05, 4.69) is 10.2 Å². The summed E-state index contributed by atoms with van der Waals surface area (Å²) in [4.78, 5) is 36.7. The van der Waals surface area contributed by atoms with Gasteiger partial charge in [-0.1, -0.05) is 62.7 Å². The van der Waals surface area contributed by atoms with Gasteiger partial charge in [0.25, 0.3) is 5.56 Å². The standard InChI is InChI=1S/C27H33ClN4O2.C2HF3O2/c1-27(2,3)26(34)29-14-16-31-15-6-7-21(31)18-32-25(33)23-9-5-4-8-22(23)24(30-32)17-19-10-12-20(28)13-11-19;3-2(4,5)1(6)7/h4-5,8-13,21H,6-7,14-18H2,1-3H3,(H,29,34);(H,6,7)/t21-;/m1./s1. The Morgan fingerprint density at radius 1 is 1.07 bits per heavy atom. The summed E-state index contributed by atoms with van der Waals surface area (Å²) in [6.45, 7) is 8.64. The quantitative estimate of drug-likeness (QED) is 0.403. The molecule has 0 unspecified atom stereocenters. The van der Waals surface area contributed by atoms with E-state index in [0.29, 0.717) is 29.9 Å². The second kappa shape index (κ2) is 13.5. The fourth-order valence-electron chi connectivity index (χ4n) is 4.53. The third-order valence-corrected chi connectivity index (χ3v) is 6.97. The largest absolute Gasteiger partial charge is 0.490 e. The molecule has 41 heavy (non-hydrogen) atoms. The molecular formula is C29H34ClF3N4O4. The van der Waals surface area contributed by atoms with Crippen LogP contribution in [0.5, 0.6) is 0 Å². The Bertz CT molecular complexity index is 1420. The van der Waals surface area contributed by atoms with Crippen LogP contribution in [0.15, 0.2) is 53.3 Å². The van der Waals surface area contributed by atoms with Gasteiger partial charge in [0.15, 0.2) is 0 Å². The summed E-state index contributed by atoms with van der Waals surface area (Å²) in [5, 5.41) is 17.3. The van der Waals surface area contributed by atoms with Gasteiger partial charge in [0.05, 0.1) is 17.6 Å². The van der Waals surface area contributed by atoms with E-state index in [0.717, 1.165) is 42.6 Å². The Balaban J connectivity index is 0.000000587. The highest BCUT2D eigenvalue weighted by Gasteiger charge is 2.38. The van der Waals surface area contributed by atoms with Gasteiger partial charge in [-0.25, -0.2) is 9.48 Å². The molecule has 2 N–H and O–H groups in total. The molecule has 4 rings (SSSR count). The van der Waals surface area contributed by atoms with Crippen LogP contribution < -0.4 is 10.9 Å². The van der Waals surface area contributed by atoms with Gasteiger partial charge in [0, 0.05) is 41.4 Å². The predicted octanol–water partition coefficient (Wildman–Crippen LogP) is 4.90. The molecule has 8 nitrogen and oxygen atoms in total. The van der Waals surface area contributed by atoms with E-state index in [9.17, 15) is 22.8 Å². The first-order valence-corrected chi connectivity index (χ1v) is 13.6. The van der Waals surface area contributed by atoms with Crippen LogP contribution in [-0.4, -0.2) is 63.5 Å². The number of carbonyl (C=O) groups excluding carboxylic acids is 1. The molecule has 0 radical (unpaired) electrons. The number of aliphatic carboxylic acids is 1. The lowest BCUT2D eigenvalue weighted by Gasteiger charge is -2.26. The Morgan fingerprint density at radius 3 is 2.27 bits per heavy atom. The van der Waals surface area contributed by atoms with Crippen LogP contribution in [0.3, 0.4) is 0 Å². The van der Waals surface area contributed by atoms with E-state index in [4.69, 9.17) is 26.6 Å². The van der Waals surface area contributed by atoms with Crippen LogP contribution in [0, 0.1) is 5.41 Å². The van der Waals surface area contributed by atoms with Gasteiger partial charge in [0.2, 0.25) is 5.91 Å². The third-order valence-electron chi connectivity index (χ3n) is 6.72. The molecule has 1 amide bonds. The maximum Gasteiger partial charge on any atom is 0.490 e. The Kier molecular flexibility index (Phi) is 10.5. The third kappa shape index (κ3) is 9.02. The number of carboxylic acids is 1. The molecule has 0 spiro atoms. The van der Waals surface area contributed by atoms with E-state index < -0.39 is 17.6 Å². The molecule has 1 atom stereocenters. The second-order valence-electron chi connectivity index (χ2n) is 10.9. The topological polar surface area (TPSA) is 105 Å². The number of likely N-dealkylation sites (tertiary alicyclic amines) is 1. The van der Waals surface area contributed by atoms with Gasteiger partial charge < -0.3 is 10.4 Å². The summed E-state index contributed by atoms with van der Waals surface area (Å²) in [7, 11) is 0. The molecule has 1 aromatic heterocycles. The first kappa shape index (κ1) is 32.1. The first-order chi connectivity index (χ1) is 19.2. The number of hydrogen-bond acceptors (Lipinski definition) is 5. The summed E-state index contributed by atoms with van der Waals surface area (Å²) in [6, 6.07) is 15.7. The zero-order valence-corrected chi connectivity index (χ0v) is 23.9. The monoisotopic (exact) mass is 594 g/mol. The maximum atomic E-state index is 13.3. The van der Waals surface area contributed by atoms with E-state index in [1.165, 1.54) is 0 Å². The van der Waals surface area contributed by atoms with Crippen molar-refractivity contribution in [2.45, 2.75) is 58.8 Å². The summed E-state index contributed by atoms with van der Waals surface area (Å²) < 4.78 is 33.4. The van der Waals surface area contributed by atoms with Crippen LogP contribution in [0.25, 0.3) is 10.8 Å². The van der Waals surface area contributed by atoms with Crippen molar-refractivity contribution < 1.29 is 27.9 Å². The fourth-order valence-corrected chi connectivity index (χ4v) is 4.66. The van der Waals surface area contributed by atoms with Crippen molar-refractivity contribution in [1.82, 2.24) is 20.0 Å². The first-order valence-electron chi connectivity index (χ1n) is 13.2. The van der Waals surface area contributed by atoms with Gasteiger partial charge in [0.1, 0.15) is 0 Å². The van der Waals surface area contributed by atoms with E-state index in [-0.39, 0.29) is 17.5 Å². The Morgan fingerprint density at radius 2 is 1.68 bits per heavy atom. The minimum absolute atomic E-state index is 0.0525. The second-order valence-corrected chi connectivity index (χ2v) is 11.4. The highest BCUT2D eigenvalue weighted by molar-refractivity contribution is 6.30. The average molecular weight is 595 g/mol. The zero-order valence-electron chi connectivity index (χ0n) is 23.2. The fraction of sp³-hybridized carbons (Fsp3) is 0.448.